The molecule has 0 unspecified atom stereocenters. The minimum absolute atomic E-state index is 0.209. The van der Waals surface area contributed by atoms with Crippen molar-refractivity contribution in [1.29, 1.82) is 0 Å². The van der Waals surface area contributed by atoms with Gasteiger partial charge in [0.25, 0.3) is 5.91 Å². The van der Waals surface area contributed by atoms with Gasteiger partial charge in [0.1, 0.15) is 5.75 Å². The fourth-order valence-corrected chi connectivity index (χ4v) is 3.63. The van der Waals surface area contributed by atoms with E-state index in [-0.39, 0.29) is 5.91 Å². The standard InChI is InChI=1S/C24H24N4O2/c1-5-28-16(3)19(14-25-28)21-13-18(17-8-6-7-9-20(17)26-21)24(29)27-22-12-15(2)10-11-23(22)30-4/h6-14H,5H2,1-4H3,(H,27,29). The average Bonchev–Trinajstić information content (AvgIpc) is 3.13. The summed E-state index contributed by atoms with van der Waals surface area (Å²) in [6.07, 6.45) is 1.81. The molecule has 2 heterocycles. The summed E-state index contributed by atoms with van der Waals surface area (Å²) >= 11 is 0. The first-order valence-electron chi connectivity index (χ1n) is 9.90. The van der Waals surface area contributed by atoms with Crippen LogP contribution in [-0.2, 0) is 6.54 Å². The van der Waals surface area contributed by atoms with Crippen molar-refractivity contribution < 1.29 is 9.53 Å². The lowest BCUT2D eigenvalue weighted by atomic mass is 10.0. The number of hydrogen-bond donors (Lipinski definition) is 1. The van der Waals surface area contributed by atoms with Gasteiger partial charge in [-0.3, -0.25) is 9.48 Å². The molecule has 0 saturated heterocycles. The van der Waals surface area contributed by atoms with Crippen molar-refractivity contribution in [3.63, 3.8) is 0 Å². The molecule has 0 saturated carbocycles. The number of amides is 1. The zero-order valence-electron chi connectivity index (χ0n) is 17.6. The third kappa shape index (κ3) is 3.52. The fourth-order valence-electron chi connectivity index (χ4n) is 3.63. The van der Waals surface area contributed by atoms with E-state index in [0.717, 1.165) is 40.0 Å². The number of anilines is 1. The molecular formula is C24H24N4O2. The number of aromatic nitrogens is 3. The first-order valence-corrected chi connectivity index (χ1v) is 9.90. The van der Waals surface area contributed by atoms with Crippen LogP contribution in [0.1, 0.15) is 28.5 Å². The van der Waals surface area contributed by atoms with E-state index >= 15 is 0 Å². The predicted octanol–water partition coefficient (Wildman–Crippen LogP) is 5.00. The van der Waals surface area contributed by atoms with Gasteiger partial charge in [-0.25, -0.2) is 4.98 Å². The van der Waals surface area contributed by atoms with E-state index in [1.54, 1.807) is 13.3 Å². The van der Waals surface area contributed by atoms with E-state index in [0.29, 0.717) is 17.0 Å². The lowest BCUT2D eigenvalue weighted by molar-refractivity contribution is 0.102. The van der Waals surface area contributed by atoms with Crippen LogP contribution in [0.3, 0.4) is 0 Å². The number of nitrogens with zero attached hydrogens (tertiary/aromatic N) is 3. The van der Waals surface area contributed by atoms with Gasteiger partial charge in [0, 0.05) is 23.2 Å². The van der Waals surface area contributed by atoms with Crippen LogP contribution in [0.2, 0.25) is 0 Å². The SMILES string of the molecule is CCn1ncc(-c2cc(C(=O)Nc3cc(C)ccc3OC)c3ccccc3n2)c1C. The van der Waals surface area contributed by atoms with E-state index < -0.39 is 0 Å². The molecule has 0 aliphatic rings. The number of hydrogen-bond acceptors (Lipinski definition) is 4. The number of pyridine rings is 1. The Balaban J connectivity index is 1.82. The van der Waals surface area contributed by atoms with Crippen molar-refractivity contribution in [2.75, 3.05) is 12.4 Å². The molecule has 1 amide bonds. The van der Waals surface area contributed by atoms with Gasteiger partial charge in [0.2, 0.25) is 0 Å². The van der Waals surface area contributed by atoms with Gasteiger partial charge in [-0.05, 0) is 50.6 Å². The molecule has 0 radical (unpaired) electrons. The Bertz CT molecular complexity index is 1240. The number of methoxy groups -OCH3 is 1. The first-order chi connectivity index (χ1) is 14.5. The number of fused-ring (bicyclic) bond motifs is 1. The van der Waals surface area contributed by atoms with Crippen molar-refractivity contribution in [2.24, 2.45) is 0 Å². The normalized spacial score (nSPS) is 10.9. The molecule has 30 heavy (non-hydrogen) atoms. The van der Waals surface area contributed by atoms with Gasteiger partial charge >= 0.3 is 0 Å². The summed E-state index contributed by atoms with van der Waals surface area (Å²) in [5.41, 5.74) is 5.67. The largest absolute Gasteiger partial charge is 0.495 e. The quantitative estimate of drug-likeness (QED) is 0.512. The smallest absolute Gasteiger partial charge is 0.256 e. The van der Waals surface area contributed by atoms with Crippen LogP contribution in [0.15, 0.2) is 54.7 Å². The zero-order chi connectivity index (χ0) is 21.3. The van der Waals surface area contributed by atoms with Crippen molar-refractivity contribution in [3.8, 4) is 17.0 Å². The molecule has 152 valence electrons. The second-order valence-electron chi connectivity index (χ2n) is 7.19. The minimum Gasteiger partial charge on any atom is -0.495 e. The van der Waals surface area contributed by atoms with Crippen LogP contribution in [0, 0.1) is 13.8 Å². The van der Waals surface area contributed by atoms with E-state index in [4.69, 9.17) is 9.72 Å². The number of nitrogens with one attached hydrogen (secondary N) is 1. The summed E-state index contributed by atoms with van der Waals surface area (Å²) in [7, 11) is 1.59. The molecule has 0 aliphatic carbocycles. The lowest BCUT2D eigenvalue weighted by Gasteiger charge is -2.13. The van der Waals surface area contributed by atoms with Crippen molar-refractivity contribution in [2.45, 2.75) is 27.3 Å². The van der Waals surface area contributed by atoms with Crippen LogP contribution in [-0.4, -0.2) is 27.8 Å². The summed E-state index contributed by atoms with van der Waals surface area (Å²) in [4.78, 5) is 18.1. The Morgan fingerprint density at radius 2 is 1.93 bits per heavy atom. The number of para-hydroxylation sites is 1. The second kappa shape index (κ2) is 7.99. The average molecular weight is 400 g/mol. The number of carbonyl (C=O) groups excluding carboxylic acids is 1. The van der Waals surface area contributed by atoms with E-state index in [1.807, 2.05) is 74.0 Å². The van der Waals surface area contributed by atoms with Crippen molar-refractivity contribution >= 4 is 22.5 Å². The van der Waals surface area contributed by atoms with E-state index in [9.17, 15) is 4.79 Å². The first kappa shape index (κ1) is 19.6. The third-order valence-corrected chi connectivity index (χ3v) is 5.24. The number of benzene rings is 2. The molecule has 2 aromatic heterocycles. The number of aryl methyl sites for hydroxylation is 2. The van der Waals surface area contributed by atoms with Gasteiger partial charge < -0.3 is 10.1 Å². The molecular weight excluding hydrogens is 376 g/mol. The Labute approximate surface area is 175 Å². The van der Waals surface area contributed by atoms with Crippen LogP contribution in [0.5, 0.6) is 5.75 Å². The molecule has 4 rings (SSSR count). The lowest BCUT2D eigenvalue weighted by Crippen LogP contribution is -2.14. The molecule has 6 nitrogen and oxygen atoms in total. The zero-order valence-corrected chi connectivity index (χ0v) is 17.6. The molecule has 4 aromatic rings. The van der Waals surface area contributed by atoms with Crippen LogP contribution >= 0.6 is 0 Å². The minimum atomic E-state index is -0.209. The van der Waals surface area contributed by atoms with E-state index in [2.05, 4.69) is 10.4 Å². The third-order valence-electron chi connectivity index (χ3n) is 5.24. The Kier molecular flexibility index (Phi) is 5.23. The molecule has 0 fully saturated rings. The maximum absolute atomic E-state index is 13.3. The molecule has 0 aliphatic heterocycles. The summed E-state index contributed by atoms with van der Waals surface area (Å²) in [6.45, 7) is 6.81. The summed E-state index contributed by atoms with van der Waals surface area (Å²) < 4.78 is 7.33. The number of ether oxygens (including phenoxy) is 1. The van der Waals surface area contributed by atoms with Gasteiger partial charge in [0.05, 0.1) is 35.8 Å². The Hall–Kier alpha value is -3.67. The van der Waals surface area contributed by atoms with Crippen LogP contribution < -0.4 is 10.1 Å². The van der Waals surface area contributed by atoms with Crippen molar-refractivity contribution in [1.82, 2.24) is 14.8 Å². The summed E-state index contributed by atoms with van der Waals surface area (Å²) in [5.74, 6) is 0.409. The maximum atomic E-state index is 13.3. The number of carbonyl (C=O) groups is 1. The van der Waals surface area contributed by atoms with Gasteiger partial charge in [-0.1, -0.05) is 24.3 Å². The highest BCUT2D eigenvalue weighted by molar-refractivity contribution is 6.13. The van der Waals surface area contributed by atoms with Gasteiger partial charge in [0.15, 0.2) is 0 Å². The molecule has 0 atom stereocenters. The topological polar surface area (TPSA) is 69.0 Å². The highest BCUT2D eigenvalue weighted by atomic mass is 16.5. The summed E-state index contributed by atoms with van der Waals surface area (Å²) in [5, 5.41) is 8.23. The van der Waals surface area contributed by atoms with Crippen LogP contribution in [0.25, 0.3) is 22.2 Å². The summed E-state index contributed by atoms with van der Waals surface area (Å²) in [6, 6.07) is 15.2. The van der Waals surface area contributed by atoms with Crippen molar-refractivity contribution in [3.05, 3.63) is 71.5 Å². The molecule has 0 bridgehead atoms. The highest BCUT2D eigenvalue weighted by Gasteiger charge is 2.18. The van der Waals surface area contributed by atoms with Gasteiger partial charge in [-0.15, -0.1) is 0 Å². The number of rotatable bonds is 5. The molecule has 1 N–H and O–H groups in total. The molecule has 6 heteroatoms. The Morgan fingerprint density at radius 1 is 1.13 bits per heavy atom. The van der Waals surface area contributed by atoms with E-state index in [1.165, 1.54) is 0 Å². The monoisotopic (exact) mass is 400 g/mol. The van der Waals surface area contributed by atoms with Gasteiger partial charge in [-0.2, -0.15) is 5.10 Å². The fraction of sp³-hybridized carbons (Fsp3) is 0.208. The Morgan fingerprint density at radius 3 is 2.67 bits per heavy atom. The molecule has 0 spiro atoms. The predicted molar refractivity (Wildman–Crippen MR) is 119 cm³/mol. The second-order valence-corrected chi connectivity index (χ2v) is 7.19. The van der Waals surface area contributed by atoms with Crippen LogP contribution in [0.4, 0.5) is 5.69 Å². The highest BCUT2D eigenvalue weighted by Crippen LogP contribution is 2.29. The maximum Gasteiger partial charge on any atom is 0.256 e. The molecule has 2 aromatic carbocycles.